The molecule has 5 N–H and O–H groups in total. The zero-order valence-electron chi connectivity index (χ0n) is 7.92. The molecule has 1 rings (SSSR count). The molecule has 0 aliphatic heterocycles. The summed E-state index contributed by atoms with van der Waals surface area (Å²) < 4.78 is 14.7. The molecule has 0 aromatic heterocycles. The van der Waals surface area contributed by atoms with Crippen LogP contribution >= 0.6 is 7.82 Å². The van der Waals surface area contributed by atoms with Crippen molar-refractivity contribution < 1.29 is 39.0 Å². The minimum Gasteiger partial charge on any atom is -0.478 e. The third-order valence-electron chi connectivity index (χ3n) is 2.06. The third kappa shape index (κ3) is 3.38. The van der Waals surface area contributed by atoms with Gasteiger partial charge in [-0.05, 0) is 6.08 Å². The Hall–Kier alpha value is -0.760. The number of aliphatic hydroxyl groups excluding tert-OH is 2. The minimum atomic E-state index is -4.86. The summed E-state index contributed by atoms with van der Waals surface area (Å²) in [6.07, 6.45) is -3.99. The number of hydrogen-bond acceptors (Lipinski definition) is 5. The van der Waals surface area contributed by atoms with Gasteiger partial charge in [-0.2, -0.15) is 0 Å². The van der Waals surface area contributed by atoms with E-state index in [1.54, 1.807) is 0 Å². The molecule has 0 heterocycles. The fourth-order valence-electron chi connectivity index (χ4n) is 1.34. The lowest BCUT2D eigenvalue weighted by Gasteiger charge is -2.29. The summed E-state index contributed by atoms with van der Waals surface area (Å²) in [6.45, 7) is 0. The number of aliphatic carboxylic acids is 1. The number of carboxylic acid groups (broad SMARTS) is 1. The van der Waals surface area contributed by atoms with Crippen LogP contribution in [0.15, 0.2) is 11.6 Å². The van der Waals surface area contributed by atoms with Crippen LogP contribution in [0.2, 0.25) is 0 Å². The molecule has 0 saturated carbocycles. The van der Waals surface area contributed by atoms with E-state index in [-0.39, 0.29) is 12.0 Å². The molecular formula is C7H11O8P. The maximum atomic E-state index is 10.6. The summed E-state index contributed by atoms with van der Waals surface area (Å²) in [5.74, 6) is -1.34. The van der Waals surface area contributed by atoms with E-state index in [2.05, 4.69) is 4.52 Å². The second kappa shape index (κ2) is 4.62. The van der Waals surface area contributed by atoms with Crippen molar-refractivity contribution in [2.24, 2.45) is 0 Å². The van der Waals surface area contributed by atoms with Crippen LogP contribution in [0.4, 0.5) is 0 Å². The fourth-order valence-corrected chi connectivity index (χ4v) is 1.84. The molecule has 1 aliphatic carbocycles. The summed E-state index contributed by atoms with van der Waals surface area (Å²) in [5.41, 5.74) is -0.267. The second-order valence-corrected chi connectivity index (χ2v) is 4.51. The number of hydrogen-bond donors (Lipinski definition) is 5. The molecule has 3 atom stereocenters. The summed E-state index contributed by atoms with van der Waals surface area (Å²) >= 11 is 0. The largest absolute Gasteiger partial charge is 0.478 e. The maximum absolute atomic E-state index is 10.6. The molecule has 1 aliphatic rings. The van der Waals surface area contributed by atoms with Gasteiger partial charge in [-0.15, -0.1) is 0 Å². The molecule has 0 fully saturated rings. The molecule has 9 heteroatoms. The van der Waals surface area contributed by atoms with Gasteiger partial charge in [0.1, 0.15) is 12.2 Å². The van der Waals surface area contributed by atoms with Crippen LogP contribution in [0.25, 0.3) is 0 Å². The highest BCUT2D eigenvalue weighted by Crippen LogP contribution is 2.40. The molecule has 0 aromatic carbocycles. The van der Waals surface area contributed by atoms with Crippen molar-refractivity contribution in [3.8, 4) is 0 Å². The van der Waals surface area contributed by atoms with Crippen molar-refractivity contribution in [3.63, 3.8) is 0 Å². The molecule has 0 unspecified atom stereocenters. The summed E-state index contributed by atoms with van der Waals surface area (Å²) in [6, 6.07) is 0. The van der Waals surface area contributed by atoms with Crippen molar-refractivity contribution >= 4 is 13.8 Å². The van der Waals surface area contributed by atoms with Gasteiger partial charge in [0.25, 0.3) is 0 Å². The molecule has 0 spiro atoms. The highest BCUT2D eigenvalue weighted by atomic mass is 31.2. The Balaban J connectivity index is 2.92. The lowest BCUT2D eigenvalue weighted by molar-refractivity contribution is -0.134. The average molecular weight is 254 g/mol. The standard InChI is InChI=1S/C7H11O8P/c8-4-1-3(7(10)11)2-5(6(4)9)15-16(12,13)14/h2,4-6,8-9H,1H2,(H,10,11)(H2,12,13,14)/t4-,5+,6-/m0/s1. The van der Waals surface area contributed by atoms with Crippen LogP contribution in [0.3, 0.4) is 0 Å². The van der Waals surface area contributed by atoms with Gasteiger partial charge in [0.05, 0.1) is 6.10 Å². The molecular weight excluding hydrogens is 243 g/mol. The SMILES string of the molecule is O=C(O)C1=C[C@@H](OP(=O)(O)O)[C@@H](O)[C@@H](O)C1. The number of carbonyl (C=O) groups is 1. The van der Waals surface area contributed by atoms with Crippen molar-refractivity contribution in [1.82, 2.24) is 0 Å². The van der Waals surface area contributed by atoms with E-state index in [9.17, 15) is 19.6 Å². The van der Waals surface area contributed by atoms with Crippen LogP contribution in [0, 0.1) is 0 Å². The Morgan fingerprint density at radius 1 is 1.44 bits per heavy atom. The van der Waals surface area contributed by atoms with Crippen LogP contribution in [-0.4, -0.2) is 49.4 Å². The van der Waals surface area contributed by atoms with Crippen molar-refractivity contribution in [2.75, 3.05) is 0 Å². The third-order valence-corrected chi connectivity index (χ3v) is 2.58. The van der Waals surface area contributed by atoms with Crippen LogP contribution in [0.1, 0.15) is 6.42 Å². The lowest BCUT2D eigenvalue weighted by Crippen LogP contribution is -2.41. The Morgan fingerprint density at radius 3 is 2.44 bits per heavy atom. The number of aliphatic hydroxyl groups is 2. The van der Waals surface area contributed by atoms with E-state index in [1.807, 2.05) is 0 Å². The van der Waals surface area contributed by atoms with Crippen molar-refractivity contribution in [3.05, 3.63) is 11.6 Å². The minimum absolute atomic E-state index is 0.267. The van der Waals surface area contributed by atoms with E-state index in [0.29, 0.717) is 0 Å². The fraction of sp³-hybridized carbons (Fsp3) is 0.571. The Kier molecular flexibility index (Phi) is 3.84. The highest BCUT2D eigenvalue weighted by molar-refractivity contribution is 7.46. The Morgan fingerprint density at radius 2 is 2.00 bits per heavy atom. The van der Waals surface area contributed by atoms with Gasteiger partial charge >= 0.3 is 13.8 Å². The molecule has 0 aromatic rings. The van der Waals surface area contributed by atoms with E-state index in [1.165, 1.54) is 0 Å². The van der Waals surface area contributed by atoms with Crippen LogP contribution < -0.4 is 0 Å². The average Bonchev–Trinajstić information content (AvgIpc) is 2.10. The van der Waals surface area contributed by atoms with Gasteiger partial charge in [-0.25, -0.2) is 9.36 Å². The van der Waals surface area contributed by atoms with Crippen LogP contribution in [0.5, 0.6) is 0 Å². The zero-order chi connectivity index (χ0) is 12.5. The van der Waals surface area contributed by atoms with E-state index < -0.39 is 32.1 Å². The first-order valence-electron chi connectivity index (χ1n) is 4.25. The molecule has 92 valence electrons. The van der Waals surface area contributed by atoms with Gasteiger partial charge in [0, 0.05) is 12.0 Å². The van der Waals surface area contributed by atoms with Crippen molar-refractivity contribution in [2.45, 2.75) is 24.7 Å². The predicted molar refractivity (Wildman–Crippen MR) is 49.3 cm³/mol. The monoisotopic (exact) mass is 254 g/mol. The quantitative estimate of drug-likeness (QED) is 0.387. The molecule has 8 nitrogen and oxygen atoms in total. The molecule has 0 amide bonds. The van der Waals surface area contributed by atoms with Gasteiger partial charge in [0.2, 0.25) is 0 Å². The first kappa shape index (κ1) is 13.3. The van der Waals surface area contributed by atoms with Gasteiger partial charge in [0.15, 0.2) is 0 Å². The van der Waals surface area contributed by atoms with Crippen molar-refractivity contribution in [1.29, 1.82) is 0 Å². The summed E-state index contributed by atoms with van der Waals surface area (Å²) in [7, 11) is -4.86. The smallest absolute Gasteiger partial charge is 0.470 e. The highest BCUT2D eigenvalue weighted by Gasteiger charge is 2.36. The normalized spacial score (nSPS) is 31.0. The lowest BCUT2D eigenvalue weighted by atomic mass is 9.92. The van der Waals surface area contributed by atoms with Crippen LogP contribution in [-0.2, 0) is 13.9 Å². The maximum Gasteiger partial charge on any atom is 0.470 e. The van der Waals surface area contributed by atoms with E-state index >= 15 is 0 Å². The number of phosphoric acid groups is 1. The predicted octanol–water partition coefficient (Wildman–Crippen LogP) is -1.40. The number of carboxylic acids is 1. The summed E-state index contributed by atoms with van der Waals surface area (Å²) in [5, 5.41) is 27.3. The van der Waals surface area contributed by atoms with Gasteiger partial charge in [-0.3, -0.25) is 4.52 Å². The number of phosphoric ester groups is 1. The van der Waals surface area contributed by atoms with E-state index in [0.717, 1.165) is 6.08 Å². The Labute approximate surface area is 90.0 Å². The first-order valence-corrected chi connectivity index (χ1v) is 5.78. The topological polar surface area (TPSA) is 145 Å². The first-order chi connectivity index (χ1) is 7.20. The van der Waals surface area contributed by atoms with Gasteiger partial charge in [-0.1, -0.05) is 0 Å². The molecule has 0 saturated heterocycles. The Bertz CT molecular complexity index is 357. The zero-order valence-corrected chi connectivity index (χ0v) is 8.82. The number of rotatable bonds is 3. The van der Waals surface area contributed by atoms with E-state index in [4.69, 9.17) is 14.9 Å². The second-order valence-electron chi connectivity index (χ2n) is 3.32. The molecule has 0 bridgehead atoms. The summed E-state index contributed by atoms with van der Waals surface area (Å²) in [4.78, 5) is 27.6. The molecule has 0 radical (unpaired) electrons. The molecule has 16 heavy (non-hydrogen) atoms. The van der Waals surface area contributed by atoms with Gasteiger partial charge < -0.3 is 25.1 Å².